The van der Waals surface area contributed by atoms with Gasteiger partial charge in [0.25, 0.3) is 0 Å². The normalized spacial score (nSPS) is 11.9. The Hall–Kier alpha value is -1.95. The molecule has 1 N–H and O–H groups in total. The lowest BCUT2D eigenvalue weighted by atomic mass is 10.1. The number of aromatic nitrogens is 4. The van der Waals surface area contributed by atoms with Gasteiger partial charge in [-0.15, -0.1) is 0 Å². The average molecular weight is 280 g/mol. The fraction of sp³-hybridized carbons (Fsp3) is 0.333. The number of anilines is 1. The predicted octanol–water partition coefficient (Wildman–Crippen LogP) is 2.49. The molecule has 1 unspecified atom stereocenters. The highest BCUT2D eigenvalue weighted by Gasteiger charge is 2.10. The molecule has 0 amide bonds. The summed E-state index contributed by atoms with van der Waals surface area (Å²) in [6.07, 6.45) is 3.47. The summed E-state index contributed by atoms with van der Waals surface area (Å²) in [6.45, 7) is 4.32. The van der Waals surface area contributed by atoms with Gasteiger partial charge in [-0.1, -0.05) is 0 Å². The number of hydrogen-bond donors (Lipinski definition) is 1. The van der Waals surface area contributed by atoms with E-state index in [0.717, 1.165) is 5.56 Å². The fourth-order valence-corrected chi connectivity index (χ4v) is 1.67. The zero-order valence-electron chi connectivity index (χ0n) is 10.7. The van der Waals surface area contributed by atoms with Crippen molar-refractivity contribution in [3.8, 4) is 6.01 Å². The number of nitrogens with one attached hydrogen (secondary N) is 1. The van der Waals surface area contributed by atoms with Crippen molar-refractivity contribution in [2.45, 2.75) is 19.9 Å². The maximum absolute atomic E-state index is 5.82. The van der Waals surface area contributed by atoms with Gasteiger partial charge < -0.3 is 10.1 Å². The van der Waals surface area contributed by atoms with Gasteiger partial charge in [-0.05, 0) is 43.1 Å². The molecule has 19 heavy (non-hydrogen) atoms. The summed E-state index contributed by atoms with van der Waals surface area (Å²) in [6, 6.07) is 4.08. The molecule has 0 aliphatic carbocycles. The summed E-state index contributed by atoms with van der Waals surface area (Å²) >= 11 is 5.82. The summed E-state index contributed by atoms with van der Waals surface area (Å²) in [4.78, 5) is 16.0. The molecule has 2 aromatic rings. The summed E-state index contributed by atoms with van der Waals surface area (Å²) in [5.41, 5.74) is 1.07. The second-order valence-electron chi connectivity index (χ2n) is 3.79. The molecule has 6 nitrogen and oxygen atoms in total. The van der Waals surface area contributed by atoms with Crippen LogP contribution in [0.5, 0.6) is 6.01 Å². The molecule has 0 aliphatic heterocycles. The molecule has 2 aromatic heterocycles. The number of ether oxygens (including phenoxy) is 1. The van der Waals surface area contributed by atoms with Crippen molar-refractivity contribution in [2.75, 3.05) is 11.9 Å². The van der Waals surface area contributed by atoms with E-state index in [1.807, 2.05) is 26.0 Å². The van der Waals surface area contributed by atoms with Crippen LogP contribution in [0.2, 0.25) is 5.28 Å². The lowest BCUT2D eigenvalue weighted by Gasteiger charge is -2.14. The third-order valence-electron chi connectivity index (χ3n) is 2.41. The minimum atomic E-state index is 0.0240. The third kappa shape index (κ3) is 3.75. The lowest BCUT2D eigenvalue weighted by Crippen LogP contribution is -2.11. The molecule has 0 aliphatic rings. The first-order valence-electron chi connectivity index (χ1n) is 5.90. The van der Waals surface area contributed by atoms with Gasteiger partial charge in [0.05, 0.1) is 12.6 Å². The second-order valence-corrected chi connectivity index (χ2v) is 4.13. The maximum atomic E-state index is 5.82. The van der Waals surface area contributed by atoms with Crippen molar-refractivity contribution in [1.82, 2.24) is 19.9 Å². The molecule has 100 valence electrons. The topological polar surface area (TPSA) is 72.8 Å². The lowest BCUT2D eigenvalue weighted by molar-refractivity contribution is 0.312. The Balaban J connectivity index is 2.14. The van der Waals surface area contributed by atoms with Crippen LogP contribution in [0.25, 0.3) is 0 Å². The van der Waals surface area contributed by atoms with Gasteiger partial charge in [0.1, 0.15) is 0 Å². The van der Waals surface area contributed by atoms with Crippen molar-refractivity contribution in [1.29, 1.82) is 0 Å². The predicted molar refractivity (Wildman–Crippen MR) is 72.3 cm³/mol. The van der Waals surface area contributed by atoms with Gasteiger partial charge in [0, 0.05) is 12.4 Å². The van der Waals surface area contributed by atoms with Crippen LogP contribution < -0.4 is 10.1 Å². The number of pyridine rings is 1. The van der Waals surface area contributed by atoms with Crippen LogP contribution in [0.4, 0.5) is 5.95 Å². The molecular weight excluding hydrogens is 266 g/mol. The number of halogens is 1. The minimum Gasteiger partial charge on any atom is -0.464 e. The van der Waals surface area contributed by atoms with E-state index in [1.54, 1.807) is 12.4 Å². The highest BCUT2D eigenvalue weighted by atomic mass is 35.5. The van der Waals surface area contributed by atoms with Gasteiger partial charge in [-0.3, -0.25) is 4.98 Å². The summed E-state index contributed by atoms with van der Waals surface area (Å²) in [5, 5.41) is 3.24. The molecule has 7 heteroatoms. The molecule has 2 heterocycles. The van der Waals surface area contributed by atoms with E-state index in [4.69, 9.17) is 16.3 Å². The van der Waals surface area contributed by atoms with Crippen LogP contribution >= 0.6 is 11.6 Å². The van der Waals surface area contributed by atoms with Crippen LogP contribution in [0.1, 0.15) is 25.5 Å². The number of hydrogen-bond acceptors (Lipinski definition) is 6. The van der Waals surface area contributed by atoms with Crippen molar-refractivity contribution in [3.05, 3.63) is 35.4 Å². The standard InChI is InChI=1S/C12H14ClN5O/c1-3-19-12-17-10(13)16-11(18-12)15-8(2)9-4-6-14-7-5-9/h4-8H,3H2,1-2H3,(H,15,16,17,18). The first-order valence-corrected chi connectivity index (χ1v) is 6.27. The Morgan fingerprint density at radius 1 is 1.26 bits per heavy atom. The molecular formula is C12H14ClN5O. The van der Waals surface area contributed by atoms with E-state index < -0.39 is 0 Å². The van der Waals surface area contributed by atoms with Crippen LogP contribution in [0.3, 0.4) is 0 Å². The zero-order chi connectivity index (χ0) is 13.7. The first-order chi connectivity index (χ1) is 9.19. The minimum absolute atomic E-state index is 0.0240. The van der Waals surface area contributed by atoms with Crippen LogP contribution in [-0.2, 0) is 0 Å². The smallest absolute Gasteiger partial charge is 0.322 e. The van der Waals surface area contributed by atoms with E-state index in [0.29, 0.717) is 12.6 Å². The molecule has 1 atom stereocenters. The Bertz CT molecular complexity index is 537. The molecule has 0 spiro atoms. The second kappa shape index (κ2) is 6.29. The summed E-state index contributed by atoms with van der Waals surface area (Å²) in [7, 11) is 0. The molecule has 0 saturated carbocycles. The Morgan fingerprint density at radius 3 is 2.68 bits per heavy atom. The van der Waals surface area contributed by atoms with Gasteiger partial charge in [0.2, 0.25) is 11.2 Å². The van der Waals surface area contributed by atoms with Gasteiger partial charge in [-0.2, -0.15) is 15.0 Å². The Labute approximate surface area is 116 Å². The summed E-state index contributed by atoms with van der Waals surface area (Å²) < 4.78 is 5.22. The Morgan fingerprint density at radius 2 is 2.00 bits per heavy atom. The highest BCUT2D eigenvalue weighted by Crippen LogP contribution is 2.18. The van der Waals surface area contributed by atoms with Crippen molar-refractivity contribution < 1.29 is 4.74 Å². The van der Waals surface area contributed by atoms with Gasteiger partial charge >= 0.3 is 6.01 Å². The molecule has 0 fully saturated rings. The van der Waals surface area contributed by atoms with E-state index >= 15 is 0 Å². The molecule has 0 radical (unpaired) electrons. The SMILES string of the molecule is CCOc1nc(Cl)nc(NC(C)c2ccncc2)n1. The van der Waals surface area contributed by atoms with E-state index in [1.165, 1.54) is 0 Å². The zero-order valence-corrected chi connectivity index (χ0v) is 11.4. The number of nitrogens with zero attached hydrogens (tertiary/aromatic N) is 4. The van der Waals surface area contributed by atoms with E-state index in [2.05, 4.69) is 25.3 Å². The molecule has 0 bridgehead atoms. The first kappa shape index (κ1) is 13.5. The van der Waals surface area contributed by atoms with Crippen molar-refractivity contribution >= 4 is 17.5 Å². The quantitative estimate of drug-likeness (QED) is 0.906. The average Bonchev–Trinajstić information content (AvgIpc) is 2.39. The van der Waals surface area contributed by atoms with E-state index in [-0.39, 0.29) is 17.3 Å². The molecule has 0 saturated heterocycles. The van der Waals surface area contributed by atoms with Crippen LogP contribution in [0.15, 0.2) is 24.5 Å². The van der Waals surface area contributed by atoms with Crippen molar-refractivity contribution in [2.24, 2.45) is 0 Å². The number of rotatable bonds is 5. The van der Waals surface area contributed by atoms with Crippen LogP contribution in [-0.4, -0.2) is 26.5 Å². The monoisotopic (exact) mass is 279 g/mol. The maximum Gasteiger partial charge on any atom is 0.322 e. The summed E-state index contributed by atoms with van der Waals surface area (Å²) in [5.74, 6) is 0.382. The van der Waals surface area contributed by atoms with Crippen LogP contribution in [0, 0.1) is 0 Å². The molecule has 2 rings (SSSR count). The molecule has 0 aromatic carbocycles. The van der Waals surface area contributed by atoms with E-state index in [9.17, 15) is 0 Å². The van der Waals surface area contributed by atoms with Crippen molar-refractivity contribution in [3.63, 3.8) is 0 Å². The largest absolute Gasteiger partial charge is 0.464 e. The Kier molecular flexibility index (Phi) is 4.46. The fourth-order valence-electron chi connectivity index (χ4n) is 1.52. The third-order valence-corrected chi connectivity index (χ3v) is 2.58. The van der Waals surface area contributed by atoms with Gasteiger partial charge in [-0.25, -0.2) is 0 Å². The van der Waals surface area contributed by atoms with Gasteiger partial charge in [0.15, 0.2) is 0 Å². The highest BCUT2D eigenvalue weighted by molar-refractivity contribution is 6.28.